The maximum atomic E-state index is 12.7. The van der Waals surface area contributed by atoms with E-state index in [1.165, 1.54) is 122 Å². The van der Waals surface area contributed by atoms with Gasteiger partial charge in [0.2, 0.25) is 0 Å². The van der Waals surface area contributed by atoms with Crippen molar-refractivity contribution < 1.29 is 25.7 Å². The van der Waals surface area contributed by atoms with Gasteiger partial charge >= 0.3 is 370 Å². The molecule has 316 valence electrons. The fourth-order valence-electron chi connectivity index (χ4n) is 11.4. The van der Waals surface area contributed by atoms with Crippen molar-refractivity contribution in [2.75, 3.05) is 0 Å². The van der Waals surface area contributed by atoms with Gasteiger partial charge in [-0.25, -0.2) is 0 Å². The van der Waals surface area contributed by atoms with E-state index < -0.39 is 0 Å². The number of phenolic OH excluding ortho intramolecular Hbond substituents is 2. The number of hydrogen-bond donors (Lipinski definition) is 2. The van der Waals surface area contributed by atoms with Crippen LogP contribution in [0, 0.1) is 0 Å². The normalized spacial score (nSPS) is 24.6. The maximum absolute atomic E-state index is 12.7. The average molecular weight is 865 g/mol. The molecule has 2 nitrogen and oxygen atoms in total. The van der Waals surface area contributed by atoms with Gasteiger partial charge in [0, 0.05) is 0 Å². The van der Waals surface area contributed by atoms with Crippen LogP contribution in [0.5, 0.6) is 11.5 Å². The number of fused-ring (bicyclic) bond motifs is 1. The molecule has 4 atom stereocenters. The Morgan fingerprint density at radius 3 is 1.22 bits per heavy atom. The molecule has 4 aliphatic rings. The summed E-state index contributed by atoms with van der Waals surface area (Å²) in [5.74, 6) is 3.29. The molecular formula is C54H72O2S2Ti. The molecule has 3 aliphatic carbocycles. The van der Waals surface area contributed by atoms with Crippen molar-refractivity contribution in [2.24, 2.45) is 0 Å². The molecule has 5 heteroatoms. The molecule has 0 radical (unpaired) electrons. The van der Waals surface area contributed by atoms with Gasteiger partial charge in [0.05, 0.1) is 0 Å². The molecule has 0 amide bonds. The number of hydrogen-bond acceptors (Lipinski definition) is 2. The molecule has 4 aromatic rings. The molecule has 1 aliphatic heterocycles. The Morgan fingerprint density at radius 2 is 0.864 bits per heavy atom. The van der Waals surface area contributed by atoms with Crippen molar-refractivity contribution in [1.29, 1.82) is 0 Å². The second-order valence-corrected chi connectivity index (χ2v) is 32.3. The van der Waals surface area contributed by atoms with Crippen molar-refractivity contribution in [3.63, 3.8) is 0 Å². The quantitative estimate of drug-likeness (QED) is 0.173. The monoisotopic (exact) mass is 864 g/mol. The summed E-state index contributed by atoms with van der Waals surface area (Å²) in [5.41, 5.74) is 10.1. The standard InChI is InChI=1S/C54H72O2S2.Ti/c1-51(2,3)43-33-39(49(55)45(35-43)53(29-19-11-20-30-53)41-23-13-9-14-24-41)37-57-47-27-17-7-8-18-28-48(47)58-38-40-34-44(52(4,5)6)36-46(50(40)56)54(31-21-12-22-32-54)42-25-15-10-16-26-42;/h9-10,13-16,23-26,33-36,47-48,55-56H,7-8,11-12,17-22,27-32,37-38H2,1-6H3;/t47-,48?;/m0./s1. The topological polar surface area (TPSA) is 40.5 Å². The van der Waals surface area contributed by atoms with Gasteiger partial charge in [0.1, 0.15) is 0 Å². The van der Waals surface area contributed by atoms with Crippen LogP contribution >= 0.6 is 15.9 Å². The van der Waals surface area contributed by atoms with E-state index in [1.807, 2.05) is 0 Å². The molecule has 1 heterocycles. The van der Waals surface area contributed by atoms with Gasteiger partial charge in [-0.3, -0.25) is 0 Å². The van der Waals surface area contributed by atoms with E-state index in [-0.39, 0.29) is 53.0 Å². The molecular weight excluding hydrogens is 793 g/mol. The minimum absolute atomic E-state index is 0.00533. The Bertz CT molecular complexity index is 2020. The minimum atomic E-state index is -0.343. The van der Waals surface area contributed by atoms with Gasteiger partial charge in [-0.1, -0.05) is 0 Å². The van der Waals surface area contributed by atoms with Crippen LogP contribution in [0.2, 0.25) is 0 Å². The summed E-state index contributed by atoms with van der Waals surface area (Å²) in [5, 5.41) is 26.9. The summed E-state index contributed by atoms with van der Waals surface area (Å²) < 4.78 is 0. The van der Waals surface area contributed by atoms with E-state index in [2.05, 4.69) is 126 Å². The van der Waals surface area contributed by atoms with Gasteiger partial charge < -0.3 is 0 Å². The molecule has 4 aromatic carbocycles. The fourth-order valence-corrected chi connectivity index (χ4v) is 32.2. The average Bonchev–Trinajstić information content (AvgIpc) is 3.52. The molecule has 3 fully saturated rings. The van der Waals surface area contributed by atoms with Crippen molar-refractivity contribution in [2.45, 2.75) is 188 Å². The summed E-state index contributed by atoms with van der Waals surface area (Å²) in [6.07, 6.45) is 19.9. The van der Waals surface area contributed by atoms with Crippen LogP contribution in [-0.4, -0.2) is 20.7 Å². The molecule has 59 heavy (non-hydrogen) atoms. The Kier molecular flexibility index (Phi) is 13.2. The summed E-state index contributed by atoms with van der Waals surface area (Å²) in [6.45, 7) is 14.2. The van der Waals surface area contributed by atoms with Crippen LogP contribution in [-0.2, 0) is 48.6 Å². The Hall–Kier alpha value is -2.11. The third-order valence-corrected chi connectivity index (χ3v) is 30.8. The van der Waals surface area contributed by atoms with E-state index >= 15 is 0 Å². The first-order valence-corrected chi connectivity index (χ1v) is 30.0. The Morgan fingerprint density at radius 1 is 0.508 bits per heavy atom. The van der Waals surface area contributed by atoms with Gasteiger partial charge in [-0.2, -0.15) is 0 Å². The molecule has 0 bridgehead atoms. The second kappa shape index (κ2) is 17.9. The van der Waals surface area contributed by atoms with E-state index in [4.69, 9.17) is 0 Å². The van der Waals surface area contributed by atoms with Crippen LogP contribution in [0.1, 0.15) is 189 Å². The van der Waals surface area contributed by atoms with Crippen LogP contribution in [0.15, 0.2) is 84.9 Å². The first-order valence-electron chi connectivity index (χ1n) is 23.3. The molecule has 0 aromatic heterocycles. The predicted octanol–water partition coefficient (Wildman–Crippen LogP) is 15.4. The summed E-state index contributed by atoms with van der Waals surface area (Å²) in [6, 6.07) is 32.1. The fraction of sp³-hybridized carbons (Fsp3) is 0.556. The molecule has 0 spiro atoms. The van der Waals surface area contributed by atoms with Gasteiger partial charge in [0.25, 0.3) is 0 Å². The first-order chi connectivity index (χ1) is 28.3. The van der Waals surface area contributed by atoms with E-state index in [1.54, 1.807) is 0 Å². The third-order valence-electron chi connectivity index (χ3n) is 14.9. The SMILES string of the molecule is CC(C)(C)c1cc(C[S]2=[Ti]=[S](Cc3cc(C(C)(C)C)cc(C4(c5ccccc5)CCCCC4)c3O)[C@H]3CCCCCCC32)c(O)c(C2(c3ccccc3)CCCCC2)c1. The van der Waals surface area contributed by atoms with Gasteiger partial charge in [-0.15, -0.1) is 0 Å². The van der Waals surface area contributed by atoms with E-state index in [9.17, 15) is 10.2 Å². The van der Waals surface area contributed by atoms with E-state index in [0.29, 0.717) is 11.5 Å². The summed E-state index contributed by atoms with van der Waals surface area (Å²) in [7, 11) is 0.570. The Labute approximate surface area is 368 Å². The third kappa shape index (κ3) is 8.92. The molecule has 3 unspecified atom stereocenters. The summed E-state index contributed by atoms with van der Waals surface area (Å²) >= 11 is -0.343. The van der Waals surface area contributed by atoms with Crippen LogP contribution in [0.3, 0.4) is 0 Å². The number of phenols is 2. The summed E-state index contributed by atoms with van der Waals surface area (Å²) in [4.78, 5) is 0. The van der Waals surface area contributed by atoms with Crippen molar-refractivity contribution in [3.05, 3.63) is 129 Å². The Balaban J connectivity index is 1.26. The number of benzene rings is 4. The molecule has 3 saturated carbocycles. The zero-order chi connectivity index (χ0) is 41.4. The zero-order valence-corrected chi connectivity index (χ0v) is 40.4. The van der Waals surface area contributed by atoms with Crippen LogP contribution in [0.4, 0.5) is 0 Å². The second-order valence-electron chi connectivity index (χ2n) is 20.9. The number of aromatic hydroxyl groups is 2. The van der Waals surface area contributed by atoms with Gasteiger partial charge in [-0.05, 0) is 0 Å². The van der Waals surface area contributed by atoms with Crippen molar-refractivity contribution in [3.8, 4) is 11.5 Å². The molecule has 8 rings (SSSR count). The van der Waals surface area contributed by atoms with Gasteiger partial charge in [0.15, 0.2) is 0 Å². The zero-order valence-electron chi connectivity index (χ0n) is 37.2. The van der Waals surface area contributed by atoms with E-state index in [0.717, 1.165) is 47.7 Å². The van der Waals surface area contributed by atoms with Crippen molar-refractivity contribution >= 4 is 15.9 Å². The first kappa shape index (κ1) is 43.5. The predicted molar refractivity (Wildman–Crippen MR) is 252 cm³/mol. The van der Waals surface area contributed by atoms with Crippen LogP contribution in [0.25, 0.3) is 0 Å². The number of rotatable bonds is 8. The molecule has 2 N–H and O–H groups in total. The van der Waals surface area contributed by atoms with Crippen molar-refractivity contribution in [1.82, 2.24) is 0 Å². The molecule has 0 saturated heterocycles. The van der Waals surface area contributed by atoms with Crippen LogP contribution < -0.4 is 0 Å².